The number of carbonyl (C=O) groups is 2. The van der Waals surface area contributed by atoms with Crippen LogP contribution in [0, 0.1) is 0 Å². The van der Waals surface area contributed by atoms with E-state index < -0.39 is 34.5 Å². The molecule has 0 aliphatic heterocycles. The average Bonchev–Trinajstić information content (AvgIpc) is 2.34. The molecule has 0 saturated heterocycles. The van der Waals surface area contributed by atoms with Gasteiger partial charge in [0, 0.05) is 11.3 Å². The van der Waals surface area contributed by atoms with Crippen LogP contribution in [-0.4, -0.2) is 49.4 Å². The molecule has 0 saturated carbocycles. The van der Waals surface area contributed by atoms with Gasteiger partial charge in [-0.2, -0.15) is 0 Å². The standard InChI is InChI=1S/C11H14N2O6S/c1-20(18,19)13-8-4-2-7(3-5-8)10(15)12-9(6-14)11(16)17/h2-5,9,13-14H,6H2,1H3,(H,12,15)(H,16,17)/t9-/m0/s1. The van der Waals surface area contributed by atoms with E-state index in [9.17, 15) is 18.0 Å². The van der Waals surface area contributed by atoms with Crippen LogP contribution in [0.5, 0.6) is 0 Å². The number of carbonyl (C=O) groups excluding carboxylic acids is 1. The zero-order valence-electron chi connectivity index (χ0n) is 10.5. The molecule has 1 atom stereocenters. The number of hydrogen-bond donors (Lipinski definition) is 4. The predicted molar refractivity (Wildman–Crippen MR) is 70.9 cm³/mol. The molecule has 0 aromatic heterocycles. The summed E-state index contributed by atoms with van der Waals surface area (Å²) in [7, 11) is -3.41. The monoisotopic (exact) mass is 302 g/mol. The molecule has 0 aliphatic carbocycles. The fourth-order valence-corrected chi connectivity index (χ4v) is 1.90. The lowest BCUT2D eigenvalue weighted by Gasteiger charge is -2.12. The molecule has 20 heavy (non-hydrogen) atoms. The van der Waals surface area contributed by atoms with Crippen LogP contribution in [0.3, 0.4) is 0 Å². The van der Waals surface area contributed by atoms with Crippen LogP contribution in [0.15, 0.2) is 24.3 Å². The van der Waals surface area contributed by atoms with Crippen molar-refractivity contribution in [3.05, 3.63) is 29.8 Å². The van der Waals surface area contributed by atoms with Crippen molar-refractivity contribution in [3.63, 3.8) is 0 Å². The minimum atomic E-state index is -3.41. The van der Waals surface area contributed by atoms with E-state index in [1.807, 2.05) is 0 Å². The molecule has 0 aliphatic rings. The lowest BCUT2D eigenvalue weighted by atomic mass is 10.2. The third-order valence-corrected chi connectivity index (χ3v) is 2.84. The van der Waals surface area contributed by atoms with Gasteiger partial charge < -0.3 is 15.5 Å². The molecular formula is C11H14N2O6S. The van der Waals surface area contributed by atoms with E-state index >= 15 is 0 Å². The van der Waals surface area contributed by atoms with E-state index in [4.69, 9.17) is 10.2 Å². The third-order valence-electron chi connectivity index (χ3n) is 2.24. The van der Waals surface area contributed by atoms with Crippen molar-refractivity contribution >= 4 is 27.6 Å². The molecule has 0 heterocycles. The van der Waals surface area contributed by atoms with Crippen molar-refractivity contribution in [2.75, 3.05) is 17.6 Å². The number of amides is 1. The van der Waals surface area contributed by atoms with Crippen molar-refractivity contribution in [2.24, 2.45) is 0 Å². The van der Waals surface area contributed by atoms with E-state index in [-0.39, 0.29) is 11.3 Å². The molecule has 0 fully saturated rings. The maximum atomic E-state index is 11.7. The summed E-state index contributed by atoms with van der Waals surface area (Å²) >= 11 is 0. The average molecular weight is 302 g/mol. The van der Waals surface area contributed by atoms with Crippen molar-refractivity contribution in [2.45, 2.75) is 6.04 Å². The van der Waals surface area contributed by atoms with Crippen LogP contribution in [-0.2, 0) is 14.8 Å². The number of hydrogen-bond acceptors (Lipinski definition) is 5. The van der Waals surface area contributed by atoms with Crippen molar-refractivity contribution in [1.82, 2.24) is 5.32 Å². The Morgan fingerprint density at radius 2 is 1.80 bits per heavy atom. The number of aliphatic hydroxyl groups excluding tert-OH is 1. The van der Waals surface area contributed by atoms with Gasteiger partial charge in [0.05, 0.1) is 12.9 Å². The van der Waals surface area contributed by atoms with Gasteiger partial charge >= 0.3 is 5.97 Å². The molecule has 8 nitrogen and oxygen atoms in total. The minimum Gasteiger partial charge on any atom is -0.480 e. The van der Waals surface area contributed by atoms with E-state index in [1.165, 1.54) is 24.3 Å². The molecule has 1 rings (SSSR count). The summed E-state index contributed by atoms with van der Waals surface area (Å²) in [5, 5.41) is 19.6. The second-order valence-corrected chi connectivity index (χ2v) is 5.75. The number of sulfonamides is 1. The van der Waals surface area contributed by atoms with E-state index in [1.54, 1.807) is 0 Å². The van der Waals surface area contributed by atoms with Crippen LogP contribution >= 0.6 is 0 Å². The van der Waals surface area contributed by atoms with Gasteiger partial charge in [-0.25, -0.2) is 13.2 Å². The van der Waals surface area contributed by atoms with Crippen LogP contribution in [0.1, 0.15) is 10.4 Å². The quantitative estimate of drug-likeness (QED) is 0.545. The van der Waals surface area contributed by atoms with Gasteiger partial charge in [-0.15, -0.1) is 0 Å². The van der Waals surface area contributed by atoms with Gasteiger partial charge in [-0.05, 0) is 24.3 Å². The Morgan fingerprint density at radius 1 is 1.25 bits per heavy atom. The summed E-state index contributed by atoms with van der Waals surface area (Å²) < 4.78 is 24.2. The number of nitrogens with one attached hydrogen (secondary N) is 2. The number of anilines is 1. The van der Waals surface area contributed by atoms with Gasteiger partial charge in [0.2, 0.25) is 10.0 Å². The van der Waals surface area contributed by atoms with Gasteiger partial charge in [0.1, 0.15) is 0 Å². The highest BCUT2D eigenvalue weighted by molar-refractivity contribution is 7.92. The summed E-state index contributed by atoms with van der Waals surface area (Å²) in [6.07, 6.45) is 0.992. The highest BCUT2D eigenvalue weighted by Crippen LogP contribution is 2.11. The molecule has 9 heteroatoms. The van der Waals surface area contributed by atoms with E-state index in [0.717, 1.165) is 6.26 Å². The number of rotatable bonds is 6. The molecule has 0 unspecified atom stereocenters. The minimum absolute atomic E-state index is 0.142. The Bertz CT molecular complexity index is 596. The maximum absolute atomic E-state index is 11.7. The van der Waals surface area contributed by atoms with Crippen molar-refractivity contribution < 1.29 is 28.2 Å². The molecule has 4 N–H and O–H groups in total. The molecule has 110 valence electrons. The number of benzene rings is 1. The van der Waals surface area contributed by atoms with Crippen molar-refractivity contribution in [1.29, 1.82) is 0 Å². The molecule has 0 radical (unpaired) electrons. The molecule has 1 aromatic carbocycles. The summed E-state index contributed by atoms with van der Waals surface area (Å²) in [6.45, 7) is -0.727. The Morgan fingerprint density at radius 3 is 2.20 bits per heavy atom. The van der Waals surface area contributed by atoms with Gasteiger partial charge in [-0.3, -0.25) is 9.52 Å². The first-order valence-electron chi connectivity index (χ1n) is 5.45. The second-order valence-electron chi connectivity index (χ2n) is 4.00. The summed E-state index contributed by atoms with van der Waals surface area (Å²) in [5.74, 6) is -2.03. The maximum Gasteiger partial charge on any atom is 0.328 e. The van der Waals surface area contributed by atoms with E-state index in [2.05, 4.69) is 10.0 Å². The van der Waals surface area contributed by atoms with Gasteiger partial charge in [0.25, 0.3) is 5.91 Å². The Hall–Kier alpha value is -2.13. The molecular weight excluding hydrogens is 288 g/mol. The van der Waals surface area contributed by atoms with Crippen LogP contribution in [0.4, 0.5) is 5.69 Å². The number of aliphatic carboxylic acids is 1. The van der Waals surface area contributed by atoms with Crippen molar-refractivity contribution in [3.8, 4) is 0 Å². The summed E-state index contributed by atoms with van der Waals surface area (Å²) in [6, 6.07) is 4.00. The zero-order chi connectivity index (χ0) is 15.3. The van der Waals surface area contributed by atoms with Gasteiger partial charge in [0.15, 0.2) is 6.04 Å². The fourth-order valence-electron chi connectivity index (χ4n) is 1.33. The third kappa shape index (κ3) is 4.86. The summed E-state index contributed by atoms with van der Waals surface area (Å²) in [5.41, 5.74) is 0.421. The number of carboxylic acids is 1. The SMILES string of the molecule is CS(=O)(=O)Nc1ccc(C(=O)N[C@@H](CO)C(=O)O)cc1. The number of carboxylic acid groups (broad SMARTS) is 1. The highest BCUT2D eigenvalue weighted by Gasteiger charge is 2.19. The van der Waals surface area contributed by atoms with E-state index in [0.29, 0.717) is 0 Å². The first kappa shape index (κ1) is 15.9. The van der Waals surface area contributed by atoms with Crippen LogP contribution in [0.25, 0.3) is 0 Å². The zero-order valence-corrected chi connectivity index (χ0v) is 11.3. The Balaban J connectivity index is 2.78. The highest BCUT2D eigenvalue weighted by atomic mass is 32.2. The second kappa shape index (κ2) is 6.35. The largest absolute Gasteiger partial charge is 0.480 e. The van der Waals surface area contributed by atoms with Crippen LogP contribution < -0.4 is 10.0 Å². The molecule has 0 spiro atoms. The molecule has 1 aromatic rings. The lowest BCUT2D eigenvalue weighted by molar-refractivity contribution is -0.140. The topological polar surface area (TPSA) is 133 Å². The molecule has 1 amide bonds. The predicted octanol–water partition coefficient (Wildman–Crippen LogP) is -0.767. The van der Waals surface area contributed by atoms with Crippen LogP contribution in [0.2, 0.25) is 0 Å². The summed E-state index contributed by atoms with van der Waals surface area (Å²) in [4.78, 5) is 22.3. The fraction of sp³-hybridized carbons (Fsp3) is 0.273. The lowest BCUT2D eigenvalue weighted by Crippen LogP contribution is -2.43. The number of aliphatic hydroxyl groups is 1. The first-order chi connectivity index (χ1) is 9.23. The normalized spacial score (nSPS) is 12.5. The Kier molecular flexibility index (Phi) is 5.06. The molecule has 0 bridgehead atoms. The smallest absolute Gasteiger partial charge is 0.328 e. The van der Waals surface area contributed by atoms with Gasteiger partial charge in [-0.1, -0.05) is 0 Å². The first-order valence-corrected chi connectivity index (χ1v) is 7.34. The Labute approximate surface area is 115 Å².